The Hall–Kier alpha value is -1.60. The molecule has 2 unspecified atom stereocenters. The number of carbonyl (C=O) groups excluding carboxylic acids is 1. The van der Waals surface area contributed by atoms with Crippen LogP contribution in [0.3, 0.4) is 0 Å². The third-order valence-electron chi connectivity index (χ3n) is 3.73. The van der Waals surface area contributed by atoms with E-state index in [0.717, 1.165) is 16.2 Å². The lowest BCUT2D eigenvalue weighted by Crippen LogP contribution is -2.36. The van der Waals surface area contributed by atoms with Gasteiger partial charge in [-0.05, 0) is 6.42 Å². The van der Waals surface area contributed by atoms with Crippen molar-refractivity contribution in [2.45, 2.75) is 45.1 Å². The van der Waals surface area contributed by atoms with Gasteiger partial charge < -0.3 is 14.7 Å². The van der Waals surface area contributed by atoms with Gasteiger partial charge in [0.25, 0.3) is 0 Å². The summed E-state index contributed by atoms with van der Waals surface area (Å²) in [4.78, 5) is 14.0. The molecule has 1 aromatic rings. The lowest BCUT2D eigenvalue weighted by atomic mass is 9.87. The van der Waals surface area contributed by atoms with Crippen LogP contribution in [0.15, 0.2) is 10.6 Å². The summed E-state index contributed by atoms with van der Waals surface area (Å²) in [7, 11) is 1.41. The molecule has 1 saturated heterocycles. The number of amides is 2. The maximum absolute atomic E-state index is 11.9. The molecule has 2 atom stereocenters. The molecule has 7 nitrogen and oxygen atoms in total. The minimum absolute atomic E-state index is 0.205. The molecule has 0 radical (unpaired) electrons. The third-order valence-corrected chi connectivity index (χ3v) is 3.73. The second kappa shape index (κ2) is 4.50. The van der Waals surface area contributed by atoms with Crippen molar-refractivity contribution in [1.82, 2.24) is 10.1 Å². The first-order valence-electron chi connectivity index (χ1n) is 6.19. The lowest BCUT2D eigenvalue weighted by Gasteiger charge is -2.18. The van der Waals surface area contributed by atoms with E-state index in [0.29, 0.717) is 5.76 Å². The highest BCUT2D eigenvalue weighted by Gasteiger charge is 2.44. The van der Waals surface area contributed by atoms with E-state index < -0.39 is 18.5 Å². The van der Waals surface area contributed by atoms with Crippen LogP contribution in [-0.2, 0) is 5.41 Å². The Labute approximate surface area is 111 Å². The Morgan fingerprint density at radius 1 is 1.42 bits per heavy atom. The predicted octanol–water partition coefficient (Wildman–Crippen LogP) is 0.871. The molecular weight excluding hydrogens is 250 g/mol. The average Bonchev–Trinajstić information content (AvgIpc) is 2.92. The van der Waals surface area contributed by atoms with Gasteiger partial charge in [0.2, 0.25) is 0 Å². The molecule has 0 saturated carbocycles. The molecule has 2 N–H and O–H groups in total. The summed E-state index contributed by atoms with van der Waals surface area (Å²) < 4.78 is 5.24. The number of hydrogen-bond acceptors (Lipinski definition) is 5. The van der Waals surface area contributed by atoms with Crippen LogP contribution in [0.5, 0.6) is 0 Å². The van der Waals surface area contributed by atoms with Gasteiger partial charge in [0.1, 0.15) is 5.76 Å². The number of aliphatic hydroxyl groups excluding tert-OH is 2. The van der Waals surface area contributed by atoms with Gasteiger partial charge in [-0.3, -0.25) is 4.90 Å². The fraction of sp³-hybridized carbons (Fsp3) is 0.667. The zero-order valence-corrected chi connectivity index (χ0v) is 11.5. The highest BCUT2D eigenvalue weighted by Crippen LogP contribution is 2.32. The van der Waals surface area contributed by atoms with E-state index in [9.17, 15) is 15.0 Å². The van der Waals surface area contributed by atoms with Crippen LogP contribution in [-0.4, -0.2) is 45.8 Å². The first kappa shape index (κ1) is 13.8. The number of anilines is 1. The summed E-state index contributed by atoms with van der Waals surface area (Å²) in [5.41, 5.74) is -0.205. The first-order chi connectivity index (χ1) is 8.79. The SMILES string of the molecule is CCC(C)(C)c1cc(N2C(=O)N(C)C(O)C2O)no1. The smallest absolute Gasteiger partial charge is 0.329 e. The average molecular weight is 269 g/mol. The second-order valence-electron chi connectivity index (χ2n) is 5.38. The largest absolute Gasteiger partial charge is 0.369 e. The van der Waals surface area contributed by atoms with E-state index in [1.54, 1.807) is 6.07 Å². The van der Waals surface area contributed by atoms with Crippen LogP contribution in [0, 0.1) is 0 Å². The molecule has 1 aliphatic heterocycles. The van der Waals surface area contributed by atoms with E-state index >= 15 is 0 Å². The molecular formula is C12H19N3O4. The van der Waals surface area contributed by atoms with Crippen LogP contribution in [0.25, 0.3) is 0 Å². The van der Waals surface area contributed by atoms with Crippen LogP contribution in [0.2, 0.25) is 0 Å². The minimum Gasteiger partial charge on any atom is -0.369 e. The monoisotopic (exact) mass is 269 g/mol. The normalized spacial score (nSPS) is 24.4. The highest BCUT2D eigenvalue weighted by molar-refractivity contribution is 5.93. The first-order valence-corrected chi connectivity index (χ1v) is 6.19. The van der Waals surface area contributed by atoms with E-state index in [1.165, 1.54) is 7.05 Å². The zero-order chi connectivity index (χ0) is 14.4. The Balaban J connectivity index is 2.31. The zero-order valence-electron chi connectivity index (χ0n) is 11.5. The van der Waals surface area contributed by atoms with E-state index in [1.807, 2.05) is 20.8 Å². The lowest BCUT2D eigenvalue weighted by molar-refractivity contribution is -0.0184. The number of hydrogen-bond donors (Lipinski definition) is 2. The van der Waals surface area contributed by atoms with Crippen LogP contribution in [0.4, 0.5) is 10.6 Å². The highest BCUT2D eigenvalue weighted by atomic mass is 16.5. The van der Waals surface area contributed by atoms with E-state index in [4.69, 9.17) is 4.52 Å². The topological polar surface area (TPSA) is 90.0 Å². The maximum Gasteiger partial charge on any atom is 0.329 e. The minimum atomic E-state index is -1.35. The fourth-order valence-corrected chi connectivity index (χ4v) is 1.84. The van der Waals surface area contributed by atoms with Crippen molar-refractivity contribution in [2.24, 2.45) is 0 Å². The van der Waals surface area contributed by atoms with Crippen molar-refractivity contribution < 1.29 is 19.5 Å². The molecule has 2 heterocycles. The van der Waals surface area contributed by atoms with Gasteiger partial charge in [-0.25, -0.2) is 9.69 Å². The standard InChI is InChI=1S/C12H19N3O4/c1-5-12(2,3)7-6-8(13-19-7)15-10(17)9(16)14(4)11(15)18/h6,9-10,16-17H,5H2,1-4H3. The number of aromatic nitrogens is 1. The summed E-state index contributed by atoms with van der Waals surface area (Å²) >= 11 is 0. The molecule has 2 rings (SSSR count). The molecule has 1 fully saturated rings. The Morgan fingerprint density at radius 3 is 2.53 bits per heavy atom. The van der Waals surface area contributed by atoms with Crippen molar-refractivity contribution in [3.8, 4) is 0 Å². The summed E-state index contributed by atoms with van der Waals surface area (Å²) in [5.74, 6) is 0.839. The molecule has 0 bridgehead atoms. The van der Waals surface area contributed by atoms with Crippen LogP contribution >= 0.6 is 0 Å². The summed E-state index contributed by atoms with van der Waals surface area (Å²) in [6.45, 7) is 6.02. The Morgan fingerprint density at radius 2 is 2.05 bits per heavy atom. The van der Waals surface area contributed by atoms with Crippen LogP contribution < -0.4 is 4.90 Å². The number of carbonyl (C=O) groups is 1. The predicted molar refractivity (Wildman–Crippen MR) is 67.5 cm³/mol. The molecule has 106 valence electrons. The summed E-state index contributed by atoms with van der Waals surface area (Å²) in [6, 6.07) is 1.10. The van der Waals surface area contributed by atoms with E-state index in [2.05, 4.69) is 5.16 Å². The number of rotatable bonds is 3. The van der Waals surface area contributed by atoms with Crippen molar-refractivity contribution in [3.05, 3.63) is 11.8 Å². The molecule has 0 aliphatic carbocycles. The fourth-order valence-electron chi connectivity index (χ4n) is 1.84. The van der Waals surface area contributed by atoms with Crippen LogP contribution in [0.1, 0.15) is 33.0 Å². The number of nitrogens with zero attached hydrogens (tertiary/aromatic N) is 3. The molecule has 0 aromatic carbocycles. The summed E-state index contributed by atoms with van der Waals surface area (Å²) in [6.07, 6.45) is -1.77. The van der Waals surface area contributed by atoms with E-state index in [-0.39, 0.29) is 11.2 Å². The van der Waals surface area contributed by atoms with Crippen molar-refractivity contribution in [2.75, 3.05) is 11.9 Å². The number of aliphatic hydroxyl groups is 2. The quantitative estimate of drug-likeness (QED) is 0.849. The number of urea groups is 1. The van der Waals surface area contributed by atoms with Gasteiger partial charge in [0.15, 0.2) is 18.3 Å². The van der Waals surface area contributed by atoms with Gasteiger partial charge in [-0.15, -0.1) is 0 Å². The molecule has 1 aromatic heterocycles. The van der Waals surface area contributed by atoms with Gasteiger partial charge in [0, 0.05) is 18.5 Å². The molecule has 2 amide bonds. The van der Waals surface area contributed by atoms with Gasteiger partial charge in [0.05, 0.1) is 0 Å². The summed E-state index contributed by atoms with van der Waals surface area (Å²) in [5, 5.41) is 23.3. The van der Waals surface area contributed by atoms with Crippen molar-refractivity contribution >= 4 is 11.8 Å². The van der Waals surface area contributed by atoms with Crippen molar-refractivity contribution in [3.63, 3.8) is 0 Å². The molecule has 7 heteroatoms. The maximum atomic E-state index is 11.9. The van der Waals surface area contributed by atoms with Gasteiger partial charge in [-0.1, -0.05) is 25.9 Å². The van der Waals surface area contributed by atoms with Crippen molar-refractivity contribution in [1.29, 1.82) is 0 Å². The molecule has 19 heavy (non-hydrogen) atoms. The van der Waals surface area contributed by atoms with Gasteiger partial charge >= 0.3 is 6.03 Å². The third kappa shape index (κ3) is 2.08. The molecule has 1 aliphatic rings. The van der Waals surface area contributed by atoms with Gasteiger partial charge in [-0.2, -0.15) is 0 Å². The molecule has 0 spiro atoms. The number of likely N-dealkylation sites (N-methyl/N-ethyl adjacent to an activating group) is 1. The Bertz CT molecular complexity index is 485. The Kier molecular flexibility index (Phi) is 3.27. The second-order valence-corrected chi connectivity index (χ2v) is 5.38.